The Morgan fingerprint density at radius 1 is 1.24 bits per heavy atom. The van der Waals surface area contributed by atoms with Crippen LogP contribution >= 0.6 is 0 Å². The average Bonchev–Trinajstić information content (AvgIpc) is 3.49. The summed E-state index contributed by atoms with van der Waals surface area (Å²) in [5, 5.41) is 4.60. The van der Waals surface area contributed by atoms with Crippen molar-refractivity contribution in [2.45, 2.75) is 102 Å². The van der Waals surface area contributed by atoms with Gasteiger partial charge in [-0.2, -0.15) is 9.50 Å². The Labute approximate surface area is 246 Å². The van der Waals surface area contributed by atoms with Gasteiger partial charge in [0.1, 0.15) is 12.3 Å². The highest BCUT2D eigenvalue weighted by Gasteiger charge is 2.52. The fraction of sp³-hybridized carbons (Fsp3) is 0.724. The number of aromatic nitrogens is 4. The van der Waals surface area contributed by atoms with E-state index in [-0.39, 0.29) is 18.9 Å². The number of nitrogens with zero attached hydrogens (tertiary/aromatic N) is 5. The summed E-state index contributed by atoms with van der Waals surface area (Å²) in [4.78, 5) is 33.3. The minimum atomic E-state index is -2.68. The van der Waals surface area contributed by atoms with Crippen LogP contribution in [0.2, 0.25) is 25.7 Å². The van der Waals surface area contributed by atoms with Gasteiger partial charge in [-0.1, -0.05) is 25.7 Å². The maximum atomic E-state index is 14.8. The van der Waals surface area contributed by atoms with Gasteiger partial charge in [-0.3, -0.25) is 9.36 Å². The predicted octanol–water partition coefficient (Wildman–Crippen LogP) is 5.03. The number of halogens is 2. The Bertz CT molecular complexity index is 1420. The number of hydrogen-bond donors (Lipinski definition) is 0. The Balaban J connectivity index is 1.58. The third kappa shape index (κ3) is 6.18. The number of hydrogen-bond acceptors (Lipinski definition) is 7. The fourth-order valence-electron chi connectivity index (χ4n) is 6.21. The van der Waals surface area contributed by atoms with E-state index in [1.807, 2.05) is 6.08 Å². The summed E-state index contributed by atoms with van der Waals surface area (Å²) in [6.07, 6.45) is 0.253. The smallest absolute Gasteiger partial charge is 0.410 e. The molecule has 1 aliphatic carbocycles. The van der Waals surface area contributed by atoms with Crippen LogP contribution in [-0.2, 0) is 26.4 Å². The van der Waals surface area contributed by atoms with E-state index in [2.05, 4.69) is 24.7 Å². The maximum Gasteiger partial charge on any atom is 0.410 e. The number of ether oxygens (including phenoxy) is 3. The zero-order chi connectivity index (χ0) is 30.4. The molecule has 5 rings (SSSR count). The molecule has 2 aromatic heterocycles. The first-order valence-electron chi connectivity index (χ1n) is 14.8. The lowest BCUT2D eigenvalue weighted by atomic mass is 9.73. The third-order valence-electron chi connectivity index (χ3n) is 8.42. The van der Waals surface area contributed by atoms with Crippen LogP contribution in [0.25, 0.3) is 11.4 Å². The number of amides is 1. The first kappa shape index (κ1) is 30.8. The van der Waals surface area contributed by atoms with Crippen LogP contribution in [0.4, 0.5) is 13.6 Å². The lowest BCUT2D eigenvalue weighted by Crippen LogP contribution is -2.48. The van der Waals surface area contributed by atoms with Gasteiger partial charge in [-0.25, -0.2) is 13.6 Å². The summed E-state index contributed by atoms with van der Waals surface area (Å²) in [6.45, 7) is 14.2. The minimum absolute atomic E-state index is 0.000217. The number of rotatable bonds is 7. The standard InChI is InChI=1S/C29H43F2N5O5Si/c1-28(2,3)41-27(38)34-11-9-29(10-12-34)17-20(23(30)31)22-21(29)25(37)36-26(35(22)18-40-15-16-42(4,5)6)32-24(33-36)19-7-13-39-14-8-19/h7,20,23H,8-18H2,1-6H3. The Morgan fingerprint density at radius 2 is 1.95 bits per heavy atom. The number of piperidine rings is 1. The number of likely N-dealkylation sites (tertiary alicyclic amines) is 1. The van der Waals surface area contributed by atoms with Gasteiger partial charge in [0, 0.05) is 44.4 Å². The average molecular weight is 608 g/mol. The molecule has 3 aliphatic rings. The summed E-state index contributed by atoms with van der Waals surface area (Å²) in [6, 6.07) is 0.916. The molecule has 0 aromatic carbocycles. The van der Waals surface area contributed by atoms with Crippen molar-refractivity contribution >= 4 is 25.5 Å². The van der Waals surface area contributed by atoms with E-state index in [9.17, 15) is 18.4 Å². The van der Waals surface area contributed by atoms with E-state index in [4.69, 9.17) is 19.2 Å². The second kappa shape index (κ2) is 11.5. The fourth-order valence-corrected chi connectivity index (χ4v) is 6.97. The van der Waals surface area contributed by atoms with Gasteiger partial charge in [0.15, 0.2) is 5.82 Å². The van der Waals surface area contributed by atoms with Gasteiger partial charge < -0.3 is 19.1 Å². The first-order valence-corrected chi connectivity index (χ1v) is 18.5. The number of fused-ring (bicyclic) bond motifs is 3. The second-order valence-corrected chi connectivity index (χ2v) is 19.6. The van der Waals surface area contributed by atoms with Crippen molar-refractivity contribution < 1.29 is 27.8 Å². The van der Waals surface area contributed by atoms with Gasteiger partial charge in [0.25, 0.3) is 5.56 Å². The Hall–Kier alpha value is -2.64. The largest absolute Gasteiger partial charge is 0.444 e. The topological polar surface area (TPSA) is 100 Å². The van der Waals surface area contributed by atoms with Crippen molar-refractivity contribution in [2.24, 2.45) is 0 Å². The Morgan fingerprint density at radius 3 is 2.55 bits per heavy atom. The molecule has 42 heavy (non-hydrogen) atoms. The molecule has 1 amide bonds. The zero-order valence-electron chi connectivity index (χ0n) is 25.5. The highest BCUT2D eigenvalue weighted by Crippen LogP contribution is 2.52. The summed E-state index contributed by atoms with van der Waals surface area (Å²) < 4.78 is 49.6. The van der Waals surface area contributed by atoms with Crippen LogP contribution in [0.1, 0.15) is 69.5 Å². The quantitative estimate of drug-likeness (QED) is 0.322. The molecule has 0 N–H and O–H groups in total. The lowest BCUT2D eigenvalue weighted by Gasteiger charge is -2.40. The molecule has 1 fully saturated rings. The highest BCUT2D eigenvalue weighted by molar-refractivity contribution is 6.76. The molecule has 1 atom stereocenters. The molecule has 2 aliphatic heterocycles. The monoisotopic (exact) mass is 607 g/mol. The van der Waals surface area contributed by atoms with Gasteiger partial charge in [-0.05, 0) is 58.1 Å². The molecule has 1 unspecified atom stereocenters. The second-order valence-electron chi connectivity index (χ2n) is 13.9. The molecule has 1 spiro atoms. The summed E-state index contributed by atoms with van der Waals surface area (Å²) in [7, 11) is -1.39. The molecule has 0 bridgehead atoms. The Kier molecular flexibility index (Phi) is 8.40. The van der Waals surface area contributed by atoms with Crippen molar-refractivity contribution in [3.05, 3.63) is 33.5 Å². The predicted molar refractivity (Wildman–Crippen MR) is 157 cm³/mol. The van der Waals surface area contributed by atoms with Crippen molar-refractivity contribution in [3.8, 4) is 0 Å². The molecular weight excluding hydrogens is 564 g/mol. The van der Waals surface area contributed by atoms with E-state index < -0.39 is 43.1 Å². The molecule has 4 heterocycles. The van der Waals surface area contributed by atoms with Crippen molar-refractivity contribution in [1.29, 1.82) is 0 Å². The number of carbonyl (C=O) groups excluding carboxylic acids is 1. The summed E-state index contributed by atoms with van der Waals surface area (Å²) >= 11 is 0. The highest BCUT2D eigenvalue weighted by atomic mass is 28.3. The normalized spacial score (nSPS) is 20.8. The summed E-state index contributed by atoms with van der Waals surface area (Å²) in [5.74, 6) is -0.547. The molecule has 10 nitrogen and oxygen atoms in total. The molecule has 2 aromatic rings. The molecule has 13 heteroatoms. The van der Waals surface area contributed by atoms with Gasteiger partial charge >= 0.3 is 6.09 Å². The molecular formula is C29H43F2N5O5Si. The minimum Gasteiger partial charge on any atom is -0.444 e. The van der Waals surface area contributed by atoms with Crippen LogP contribution in [0.5, 0.6) is 0 Å². The van der Waals surface area contributed by atoms with E-state index in [1.54, 1.807) is 30.2 Å². The van der Waals surface area contributed by atoms with Gasteiger partial charge in [-0.15, -0.1) is 5.10 Å². The van der Waals surface area contributed by atoms with Crippen LogP contribution < -0.4 is 5.56 Å². The van der Waals surface area contributed by atoms with Crippen LogP contribution in [0, 0.1) is 0 Å². The van der Waals surface area contributed by atoms with Crippen LogP contribution in [0.15, 0.2) is 10.9 Å². The lowest BCUT2D eigenvalue weighted by molar-refractivity contribution is 0.0148. The maximum absolute atomic E-state index is 14.8. The van der Waals surface area contributed by atoms with Crippen LogP contribution in [0.3, 0.4) is 0 Å². The number of alkyl halides is 2. The van der Waals surface area contributed by atoms with Crippen molar-refractivity contribution in [2.75, 3.05) is 32.9 Å². The van der Waals surface area contributed by atoms with E-state index in [0.717, 1.165) is 11.6 Å². The molecule has 232 valence electrons. The van der Waals surface area contributed by atoms with Crippen molar-refractivity contribution in [1.82, 2.24) is 24.1 Å². The first-order chi connectivity index (χ1) is 19.7. The van der Waals surface area contributed by atoms with E-state index >= 15 is 0 Å². The summed E-state index contributed by atoms with van der Waals surface area (Å²) in [5.41, 5.74) is -0.367. The zero-order valence-corrected chi connectivity index (χ0v) is 26.5. The van der Waals surface area contributed by atoms with E-state index in [1.165, 1.54) is 4.52 Å². The van der Waals surface area contributed by atoms with Crippen molar-refractivity contribution in [3.63, 3.8) is 0 Å². The number of carbonyl (C=O) groups is 1. The van der Waals surface area contributed by atoms with Crippen LogP contribution in [-0.4, -0.2) is 83.2 Å². The van der Waals surface area contributed by atoms with Gasteiger partial charge in [0.05, 0.1) is 19.1 Å². The molecule has 1 saturated heterocycles. The SMILES string of the molecule is CC(C)(C)OC(=O)N1CCC2(CC1)CC(C(F)F)c1c2c(=O)n2nc(C3=CCOCC3)nc2n1COCC[Si](C)(C)C. The third-order valence-corrected chi connectivity index (χ3v) is 10.1. The van der Waals surface area contributed by atoms with Gasteiger partial charge in [0.2, 0.25) is 12.2 Å². The molecule has 0 radical (unpaired) electrons. The van der Waals surface area contributed by atoms with E-state index in [0.29, 0.717) is 69.3 Å². The molecule has 0 saturated carbocycles.